The third-order valence-corrected chi connectivity index (χ3v) is 6.31. The Morgan fingerprint density at radius 3 is 2.72 bits per heavy atom. The number of halogens is 1. The first-order valence-electron chi connectivity index (χ1n) is 10.6. The summed E-state index contributed by atoms with van der Waals surface area (Å²) < 4.78 is 16.4. The number of hydrazine groups is 1. The number of aromatic nitrogens is 3. The van der Waals surface area contributed by atoms with Gasteiger partial charge in [0, 0.05) is 43.9 Å². The first kappa shape index (κ1) is 20.6. The van der Waals surface area contributed by atoms with Crippen molar-refractivity contribution in [3.63, 3.8) is 0 Å². The summed E-state index contributed by atoms with van der Waals surface area (Å²) in [7, 11) is 5.96. The molecule has 0 saturated carbocycles. The average Bonchev–Trinajstić information content (AvgIpc) is 3.10. The van der Waals surface area contributed by atoms with E-state index in [-0.39, 0.29) is 23.4 Å². The molecule has 2 aliphatic heterocycles. The number of nitrogens with one attached hydrogen (secondary N) is 2. The van der Waals surface area contributed by atoms with Crippen molar-refractivity contribution >= 4 is 5.91 Å². The van der Waals surface area contributed by atoms with Crippen molar-refractivity contribution in [3.8, 4) is 0 Å². The molecule has 0 radical (unpaired) electrons. The lowest BCUT2D eigenvalue weighted by Crippen LogP contribution is -2.41. The van der Waals surface area contributed by atoms with Crippen molar-refractivity contribution in [3.05, 3.63) is 82.2 Å². The van der Waals surface area contributed by atoms with Gasteiger partial charge in [-0.1, -0.05) is 28.7 Å². The molecule has 0 bridgehead atoms. The summed E-state index contributed by atoms with van der Waals surface area (Å²) in [6.45, 7) is 1.25. The van der Waals surface area contributed by atoms with Crippen molar-refractivity contribution in [2.75, 3.05) is 20.6 Å². The number of nitrogens with zero attached hydrogens (tertiary/aromatic N) is 5. The molecule has 166 valence electrons. The second-order valence-electron chi connectivity index (χ2n) is 8.74. The fraction of sp³-hybridized carbons (Fsp3) is 0.348. The first-order chi connectivity index (χ1) is 15.4. The lowest BCUT2D eigenvalue weighted by molar-refractivity contribution is -0.115. The summed E-state index contributed by atoms with van der Waals surface area (Å²) in [5.41, 5.74) is 8.10. The predicted octanol–water partition coefficient (Wildman–Crippen LogP) is 2.05. The zero-order chi connectivity index (χ0) is 22.4. The Labute approximate surface area is 186 Å². The summed E-state index contributed by atoms with van der Waals surface area (Å²) in [5, 5.41) is 7.53. The van der Waals surface area contributed by atoms with Gasteiger partial charge in [0.25, 0.3) is 0 Å². The highest BCUT2D eigenvalue weighted by Gasteiger charge is 2.43. The number of amides is 1. The lowest BCUT2D eigenvalue weighted by Gasteiger charge is -2.40. The van der Waals surface area contributed by atoms with E-state index in [0.717, 1.165) is 35.5 Å². The number of hydrogen-bond donors (Lipinski definition) is 2. The fourth-order valence-electron chi connectivity index (χ4n) is 4.96. The van der Waals surface area contributed by atoms with Crippen molar-refractivity contribution in [2.24, 2.45) is 7.05 Å². The number of carbonyl (C=O) groups excluding carboxylic acids is 1. The van der Waals surface area contributed by atoms with Gasteiger partial charge in [0.15, 0.2) is 0 Å². The van der Waals surface area contributed by atoms with Crippen molar-refractivity contribution in [2.45, 2.75) is 24.8 Å². The van der Waals surface area contributed by atoms with Crippen LogP contribution in [0.25, 0.3) is 0 Å². The summed E-state index contributed by atoms with van der Waals surface area (Å²) in [6, 6.07) is 8.65. The average molecular weight is 436 g/mol. The van der Waals surface area contributed by atoms with Gasteiger partial charge in [-0.15, -0.1) is 5.23 Å². The zero-order valence-corrected chi connectivity index (χ0v) is 18.3. The SMILES string of the molecule is CN(C)Cc1ccc(C2CC3=C4C(=CNC(=O)C=C4N(F)NC3)C2c2ncnn2C)cc1. The molecule has 2 aromatic rings. The summed E-state index contributed by atoms with van der Waals surface area (Å²) >= 11 is 0. The molecule has 3 heterocycles. The van der Waals surface area contributed by atoms with Crippen LogP contribution >= 0.6 is 0 Å². The van der Waals surface area contributed by atoms with Gasteiger partial charge < -0.3 is 10.2 Å². The fourth-order valence-corrected chi connectivity index (χ4v) is 4.96. The van der Waals surface area contributed by atoms with Crippen LogP contribution in [0.3, 0.4) is 0 Å². The van der Waals surface area contributed by atoms with E-state index in [0.29, 0.717) is 11.8 Å². The minimum absolute atomic E-state index is 0.0699. The van der Waals surface area contributed by atoms with Gasteiger partial charge in [0.1, 0.15) is 17.8 Å². The van der Waals surface area contributed by atoms with Crippen LogP contribution in [0.15, 0.2) is 65.3 Å². The molecule has 3 aliphatic rings. The maximum absolute atomic E-state index is 14.7. The van der Waals surface area contributed by atoms with Crippen molar-refractivity contribution in [1.29, 1.82) is 0 Å². The van der Waals surface area contributed by atoms with E-state index in [1.54, 1.807) is 10.9 Å². The van der Waals surface area contributed by atoms with E-state index in [4.69, 9.17) is 0 Å². The maximum Gasteiger partial charge on any atom is 0.250 e. The molecule has 1 aliphatic carbocycles. The smallest absolute Gasteiger partial charge is 0.250 e. The number of hydrogen-bond acceptors (Lipinski definition) is 6. The highest BCUT2D eigenvalue weighted by atomic mass is 19.2. The van der Waals surface area contributed by atoms with Crippen molar-refractivity contribution in [1.82, 2.24) is 35.6 Å². The number of aryl methyl sites for hydroxylation is 1. The molecule has 2 atom stereocenters. The molecule has 0 fully saturated rings. The van der Waals surface area contributed by atoms with Crippen LogP contribution < -0.4 is 10.7 Å². The first-order valence-corrected chi connectivity index (χ1v) is 10.6. The highest BCUT2D eigenvalue weighted by Crippen LogP contribution is 2.51. The molecule has 1 aromatic carbocycles. The molecule has 5 rings (SSSR count). The third kappa shape index (κ3) is 3.53. The second-order valence-corrected chi connectivity index (χ2v) is 8.74. The molecule has 9 heteroatoms. The molecule has 2 N–H and O–H groups in total. The molecule has 32 heavy (non-hydrogen) atoms. The third-order valence-electron chi connectivity index (χ3n) is 6.31. The van der Waals surface area contributed by atoms with Gasteiger partial charge in [-0.05, 0) is 42.8 Å². The van der Waals surface area contributed by atoms with Crippen LogP contribution in [0, 0.1) is 0 Å². The van der Waals surface area contributed by atoms with Crippen LogP contribution in [-0.2, 0) is 18.4 Å². The van der Waals surface area contributed by atoms with Gasteiger partial charge in [0.2, 0.25) is 5.91 Å². The Morgan fingerprint density at radius 1 is 1.25 bits per heavy atom. The Morgan fingerprint density at radius 2 is 2.03 bits per heavy atom. The van der Waals surface area contributed by atoms with E-state index in [9.17, 15) is 9.28 Å². The van der Waals surface area contributed by atoms with Crippen LogP contribution in [0.5, 0.6) is 0 Å². The second kappa shape index (κ2) is 7.99. The van der Waals surface area contributed by atoms with Gasteiger partial charge in [-0.25, -0.2) is 10.4 Å². The summed E-state index contributed by atoms with van der Waals surface area (Å²) in [6.07, 6.45) is 5.28. The number of carbonyl (C=O) groups is 1. The largest absolute Gasteiger partial charge is 0.329 e. The van der Waals surface area contributed by atoms with E-state index in [1.807, 2.05) is 7.05 Å². The van der Waals surface area contributed by atoms with Crippen molar-refractivity contribution < 1.29 is 9.28 Å². The summed E-state index contributed by atoms with van der Waals surface area (Å²) in [4.78, 5) is 19.0. The maximum atomic E-state index is 14.7. The van der Waals surface area contributed by atoms with Gasteiger partial charge in [-0.3, -0.25) is 9.48 Å². The standard InChI is InChI=1S/C23H26FN7O/c1-29(2)12-14-4-6-15(7-5-14)17-8-16-10-27-31(24)19-9-20(32)25-11-18(21(16)19)22(17)23-26-13-28-30(23)3/h4-7,9,11,13,17,22,27H,8,10,12H2,1-3H3,(H,25,32). The zero-order valence-electron chi connectivity index (χ0n) is 18.3. The molecule has 0 spiro atoms. The minimum Gasteiger partial charge on any atom is -0.329 e. The highest BCUT2D eigenvalue weighted by molar-refractivity contribution is 5.91. The predicted molar refractivity (Wildman–Crippen MR) is 117 cm³/mol. The Hall–Kier alpha value is -3.30. The lowest BCUT2D eigenvalue weighted by atomic mass is 9.68. The number of rotatable bonds is 4. The van der Waals surface area contributed by atoms with Crippen LogP contribution in [0.1, 0.15) is 35.2 Å². The van der Waals surface area contributed by atoms with E-state index in [1.165, 1.54) is 23.5 Å². The molecular weight excluding hydrogens is 409 g/mol. The molecule has 1 amide bonds. The summed E-state index contributed by atoms with van der Waals surface area (Å²) in [5.74, 6) is 0.306. The van der Waals surface area contributed by atoms with E-state index < -0.39 is 0 Å². The van der Waals surface area contributed by atoms with Gasteiger partial charge in [-0.2, -0.15) is 5.10 Å². The monoisotopic (exact) mass is 435 g/mol. The van der Waals surface area contributed by atoms with Gasteiger partial charge >= 0.3 is 0 Å². The molecule has 8 nitrogen and oxygen atoms in total. The molecule has 2 unspecified atom stereocenters. The number of allylic oxidation sites excluding steroid dienone is 1. The van der Waals surface area contributed by atoms with Crippen LogP contribution in [-0.4, -0.2) is 51.4 Å². The quantitative estimate of drug-likeness (QED) is 0.716. The van der Waals surface area contributed by atoms with E-state index >= 15 is 0 Å². The van der Waals surface area contributed by atoms with E-state index in [2.05, 4.69) is 64.1 Å². The molecule has 1 aromatic heterocycles. The van der Waals surface area contributed by atoms with Crippen LogP contribution in [0.4, 0.5) is 4.48 Å². The normalized spacial score (nSPS) is 22.9. The Bertz CT molecular complexity index is 1150. The minimum atomic E-state index is -0.360. The molecular formula is C23H26FN7O. The van der Waals surface area contributed by atoms with Gasteiger partial charge in [0.05, 0.1) is 5.92 Å². The Balaban J connectivity index is 1.65. The molecule has 0 saturated heterocycles. The number of benzene rings is 1. The Kier molecular flexibility index (Phi) is 5.15. The topological polar surface area (TPSA) is 78.3 Å². The van der Waals surface area contributed by atoms with Crippen LogP contribution in [0.2, 0.25) is 0 Å².